The summed E-state index contributed by atoms with van der Waals surface area (Å²) in [5, 5.41) is 10.9. The fourth-order valence-corrected chi connectivity index (χ4v) is 4.49. The van der Waals surface area contributed by atoms with Crippen molar-refractivity contribution in [2.24, 2.45) is 17.8 Å². The Morgan fingerprint density at radius 1 is 1.10 bits per heavy atom. The van der Waals surface area contributed by atoms with Gasteiger partial charge >= 0.3 is 5.97 Å². The quantitative estimate of drug-likeness (QED) is 0.709. The molecule has 0 radical (unpaired) electrons. The number of hydrogen-bond acceptors (Lipinski definition) is 4. The highest BCUT2D eigenvalue weighted by atomic mass is 16.4. The summed E-state index contributed by atoms with van der Waals surface area (Å²) in [5.74, 6) is -3.93. The standard InChI is InChI=1S/C22H28N2O5/c1-14-12-24(22(29)19(20(14)27)21(28)23-11-18(25)26)13-15-7-9-17(10-8-15)16-5-3-2-4-6-16/h2-6,14-15,17,19H,7-13H2,1H3,(H,23,28)(H,25,26). The van der Waals surface area contributed by atoms with Crippen LogP contribution in [0.1, 0.15) is 44.1 Å². The summed E-state index contributed by atoms with van der Waals surface area (Å²) in [6.07, 6.45) is 4.13. The maximum absolute atomic E-state index is 12.8. The summed E-state index contributed by atoms with van der Waals surface area (Å²) in [5.41, 5.74) is 1.36. The van der Waals surface area contributed by atoms with Gasteiger partial charge in [-0.3, -0.25) is 19.2 Å². The fourth-order valence-electron chi connectivity index (χ4n) is 4.49. The Kier molecular flexibility index (Phi) is 6.67. The fraction of sp³-hybridized carbons (Fsp3) is 0.545. The zero-order valence-electron chi connectivity index (χ0n) is 16.7. The first-order valence-electron chi connectivity index (χ1n) is 10.2. The van der Waals surface area contributed by atoms with E-state index in [0.717, 1.165) is 25.7 Å². The van der Waals surface area contributed by atoms with Crippen molar-refractivity contribution in [3.8, 4) is 0 Å². The van der Waals surface area contributed by atoms with Crippen LogP contribution in [-0.2, 0) is 19.2 Å². The van der Waals surface area contributed by atoms with Gasteiger partial charge in [0.05, 0.1) is 0 Å². The number of aliphatic carboxylic acids is 1. The van der Waals surface area contributed by atoms with Gasteiger partial charge < -0.3 is 15.3 Å². The molecule has 2 aliphatic rings. The number of ketones is 1. The molecule has 156 valence electrons. The molecule has 2 fully saturated rings. The van der Waals surface area contributed by atoms with Crippen LogP contribution in [-0.4, -0.2) is 53.2 Å². The lowest BCUT2D eigenvalue weighted by molar-refractivity contribution is -0.155. The molecule has 2 atom stereocenters. The molecular formula is C22H28N2O5. The largest absolute Gasteiger partial charge is 0.480 e. The van der Waals surface area contributed by atoms with Crippen LogP contribution < -0.4 is 5.32 Å². The zero-order valence-corrected chi connectivity index (χ0v) is 16.7. The molecule has 2 amide bonds. The molecule has 1 aliphatic carbocycles. The molecule has 1 aromatic rings. The number of carbonyl (C=O) groups excluding carboxylic acids is 3. The molecule has 7 nitrogen and oxygen atoms in total. The van der Waals surface area contributed by atoms with Crippen molar-refractivity contribution in [3.63, 3.8) is 0 Å². The third-order valence-corrected chi connectivity index (χ3v) is 6.10. The maximum Gasteiger partial charge on any atom is 0.322 e. The SMILES string of the molecule is CC1CN(CC2CCC(c3ccccc3)CC2)C(=O)C(C(=O)NCC(=O)O)C1=O. The van der Waals surface area contributed by atoms with Gasteiger partial charge in [-0.1, -0.05) is 37.3 Å². The first kappa shape index (κ1) is 21.0. The third-order valence-electron chi connectivity index (χ3n) is 6.10. The molecule has 7 heteroatoms. The number of carboxylic acids is 1. The minimum atomic E-state index is -1.43. The van der Waals surface area contributed by atoms with Gasteiger partial charge in [-0.25, -0.2) is 0 Å². The zero-order chi connectivity index (χ0) is 21.0. The van der Waals surface area contributed by atoms with Crippen LogP contribution in [0.5, 0.6) is 0 Å². The van der Waals surface area contributed by atoms with E-state index in [1.54, 1.807) is 11.8 Å². The van der Waals surface area contributed by atoms with Crippen molar-refractivity contribution in [1.29, 1.82) is 0 Å². The number of nitrogens with one attached hydrogen (secondary N) is 1. The van der Waals surface area contributed by atoms with Gasteiger partial charge in [-0.15, -0.1) is 0 Å². The van der Waals surface area contributed by atoms with Crippen molar-refractivity contribution in [2.45, 2.75) is 38.5 Å². The predicted molar refractivity (Wildman–Crippen MR) is 106 cm³/mol. The maximum atomic E-state index is 12.8. The van der Waals surface area contributed by atoms with Crippen LogP contribution in [0.15, 0.2) is 30.3 Å². The number of Topliss-reactive ketones (excluding diaryl/α,β-unsaturated/α-hetero) is 1. The number of benzene rings is 1. The van der Waals surface area contributed by atoms with Gasteiger partial charge in [0, 0.05) is 19.0 Å². The van der Waals surface area contributed by atoms with Crippen LogP contribution >= 0.6 is 0 Å². The van der Waals surface area contributed by atoms with Crippen molar-refractivity contribution < 1.29 is 24.3 Å². The molecular weight excluding hydrogens is 372 g/mol. The summed E-state index contributed by atoms with van der Waals surface area (Å²) in [6.45, 7) is 1.97. The van der Waals surface area contributed by atoms with E-state index in [9.17, 15) is 19.2 Å². The summed E-state index contributed by atoms with van der Waals surface area (Å²) < 4.78 is 0. The molecule has 2 N–H and O–H groups in total. The number of rotatable bonds is 6. The Morgan fingerprint density at radius 3 is 2.38 bits per heavy atom. The molecule has 1 aliphatic heterocycles. The number of hydrogen-bond donors (Lipinski definition) is 2. The molecule has 1 aromatic carbocycles. The molecule has 1 saturated heterocycles. The summed E-state index contributed by atoms with van der Waals surface area (Å²) in [4.78, 5) is 49.8. The van der Waals surface area contributed by atoms with E-state index in [2.05, 4.69) is 29.6 Å². The minimum absolute atomic E-state index is 0.318. The van der Waals surface area contributed by atoms with E-state index in [1.165, 1.54) is 5.56 Å². The van der Waals surface area contributed by atoms with E-state index < -0.39 is 41.9 Å². The topological polar surface area (TPSA) is 104 Å². The van der Waals surface area contributed by atoms with Gasteiger partial charge in [0.15, 0.2) is 11.7 Å². The van der Waals surface area contributed by atoms with E-state index >= 15 is 0 Å². The predicted octanol–water partition coefficient (Wildman–Crippen LogP) is 1.82. The Labute approximate surface area is 170 Å². The second-order valence-corrected chi connectivity index (χ2v) is 8.22. The molecule has 3 rings (SSSR count). The minimum Gasteiger partial charge on any atom is -0.480 e. The van der Waals surface area contributed by atoms with E-state index in [-0.39, 0.29) is 0 Å². The van der Waals surface area contributed by atoms with Crippen molar-refractivity contribution in [1.82, 2.24) is 10.2 Å². The smallest absolute Gasteiger partial charge is 0.322 e. The summed E-state index contributed by atoms with van der Waals surface area (Å²) in [7, 11) is 0. The summed E-state index contributed by atoms with van der Waals surface area (Å²) in [6, 6.07) is 10.5. The highest BCUT2D eigenvalue weighted by Gasteiger charge is 2.44. The first-order chi connectivity index (χ1) is 13.9. The number of carboxylic acid groups (broad SMARTS) is 1. The molecule has 1 heterocycles. The van der Waals surface area contributed by atoms with E-state index in [0.29, 0.717) is 24.9 Å². The number of piperidine rings is 1. The molecule has 1 saturated carbocycles. The van der Waals surface area contributed by atoms with Crippen LogP contribution in [0.4, 0.5) is 0 Å². The van der Waals surface area contributed by atoms with Gasteiger partial charge in [-0.05, 0) is 43.1 Å². The average Bonchev–Trinajstić information content (AvgIpc) is 2.72. The average molecular weight is 400 g/mol. The monoisotopic (exact) mass is 400 g/mol. The first-order valence-corrected chi connectivity index (χ1v) is 10.2. The molecule has 0 spiro atoms. The lowest BCUT2D eigenvalue weighted by atomic mass is 9.78. The van der Waals surface area contributed by atoms with Crippen LogP contribution in [0.2, 0.25) is 0 Å². The van der Waals surface area contributed by atoms with Crippen molar-refractivity contribution in [2.75, 3.05) is 19.6 Å². The number of carbonyl (C=O) groups is 4. The molecule has 29 heavy (non-hydrogen) atoms. The number of nitrogens with zero attached hydrogens (tertiary/aromatic N) is 1. The van der Waals surface area contributed by atoms with Crippen molar-refractivity contribution >= 4 is 23.6 Å². The second-order valence-electron chi connectivity index (χ2n) is 8.22. The van der Waals surface area contributed by atoms with Gasteiger partial charge in [0.1, 0.15) is 6.54 Å². The number of amides is 2. The Hall–Kier alpha value is -2.70. The van der Waals surface area contributed by atoms with E-state index in [4.69, 9.17) is 5.11 Å². The second kappa shape index (κ2) is 9.20. The van der Waals surface area contributed by atoms with Crippen LogP contribution in [0.3, 0.4) is 0 Å². The Morgan fingerprint density at radius 2 is 1.76 bits per heavy atom. The normalized spacial score (nSPS) is 27.6. The highest BCUT2D eigenvalue weighted by molar-refractivity contribution is 6.20. The Bertz CT molecular complexity index is 771. The van der Waals surface area contributed by atoms with Gasteiger partial charge in [0.2, 0.25) is 11.8 Å². The molecule has 0 aromatic heterocycles. The number of likely N-dealkylation sites (tertiary alicyclic amines) is 1. The van der Waals surface area contributed by atoms with Crippen LogP contribution in [0, 0.1) is 17.8 Å². The highest BCUT2D eigenvalue weighted by Crippen LogP contribution is 2.36. The van der Waals surface area contributed by atoms with Gasteiger partial charge in [-0.2, -0.15) is 0 Å². The lowest BCUT2D eigenvalue weighted by Crippen LogP contribution is -2.56. The molecule has 2 unspecified atom stereocenters. The Balaban J connectivity index is 1.59. The van der Waals surface area contributed by atoms with Crippen molar-refractivity contribution in [3.05, 3.63) is 35.9 Å². The summed E-state index contributed by atoms with van der Waals surface area (Å²) >= 11 is 0. The lowest BCUT2D eigenvalue weighted by Gasteiger charge is -2.38. The van der Waals surface area contributed by atoms with E-state index in [1.807, 2.05) is 6.07 Å². The van der Waals surface area contributed by atoms with Crippen LogP contribution in [0.25, 0.3) is 0 Å². The molecule has 0 bridgehead atoms. The van der Waals surface area contributed by atoms with Gasteiger partial charge in [0.25, 0.3) is 0 Å². The third kappa shape index (κ3) is 5.02.